The Bertz CT molecular complexity index is 863. The standard InChI is InChI=1S/C17H17NO4S/c1-12-11-18(15-5-3-2-4-14(12)15)23(19,20)13-6-7-16-17(10-13)22-9-8-21-16/h2-7,10,12H,8-9,11H2,1H3. The Morgan fingerprint density at radius 3 is 2.61 bits per heavy atom. The Hall–Kier alpha value is -2.21. The van der Waals surface area contributed by atoms with Gasteiger partial charge in [-0.3, -0.25) is 4.31 Å². The average molecular weight is 331 g/mol. The molecule has 0 N–H and O–H groups in total. The highest BCUT2D eigenvalue weighted by molar-refractivity contribution is 7.92. The summed E-state index contributed by atoms with van der Waals surface area (Å²) >= 11 is 0. The van der Waals surface area contributed by atoms with Gasteiger partial charge in [-0.1, -0.05) is 25.1 Å². The van der Waals surface area contributed by atoms with Crippen molar-refractivity contribution in [1.29, 1.82) is 0 Å². The molecule has 0 amide bonds. The van der Waals surface area contributed by atoms with Gasteiger partial charge in [-0.25, -0.2) is 8.42 Å². The number of ether oxygens (including phenoxy) is 2. The van der Waals surface area contributed by atoms with Gasteiger partial charge in [0, 0.05) is 18.5 Å². The van der Waals surface area contributed by atoms with Crippen LogP contribution in [-0.2, 0) is 10.0 Å². The minimum atomic E-state index is -3.62. The molecule has 0 aromatic heterocycles. The van der Waals surface area contributed by atoms with Crippen LogP contribution in [0.25, 0.3) is 0 Å². The van der Waals surface area contributed by atoms with Crippen molar-refractivity contribution in [2.45, 2.75) is 17.7 Å². The van der Waals surface area contributed by atoms with Crippen molar-refractivity contribution in [2.24, 2.45) is 0 Å². The van der Waals surface area contributed by atoms with E-state index < -0.39 is 10.0 Å². The third-order valence-corrected chi connectivity index (χ3v) is 6.05. The van der Waals surface area contributed by atoms with Gasteiger partial charge < -0.3 is 9.47 Å². The highest BCUT2D eigenvalue weighted by Crippen LogP contribution is 2.40. The van der Waals surface area contributed by atoms with Crippen molar-refractivity contribution >= 4 is 15.7 Å². The first-order valence-electron chi connectivity index (χ1n) is 7.59. The van der Waals surface area contributed by atoms with Crippen molar-refractivity contribution in [3.63, 3.8) is 0 Å². The molecule has 5 nitrogen and oxygen atoms in total. The van der Waals surface area contributed by atoms with Crippen molar-refractivity contribution in [2.75, 3.05) is 24.1 Å². The molecule has 0 saturated heterocycles. The van der Waals surface area contributed by atoms with Crippen LogP contribution in [0.1, 0.15) is 18.4 Å². The number of hydrogen-bond acceptors (Lipinski definition) is 4. The summed E-state index contributed by atoms with van der Waals surface area (Å²) in [6.07, 6.45) is 0. The Balaban J connectivity index is 1.77. The van der Waals surface area contributed by atoms with Gasteiger partial charge in [0.2, 0.25) is 0 Å². The topological polar surface area (TPSA) is 55.8 Å². The van der Waals surface area contributed by atoms with Gasteiger partial charge in [-0.15, -0.1) is 0 Å². The summed E-state index contributed by atoms with van der Waals surface area (Å²) in [5, 5.41) is 0. The van der Waals surface area contributed by atoms with E-state index in [1.165, 1.54) is 4.31 Å². The Morgan fingerprint density at radius 2 is 1.78 bits per heavy atom. The van der Waals surface area contributed by atoms with Crippen LogP contribution >= 0.6 is 0 Å². The molecular formula is C17H17NO4S. The van der Waals surface area contributed by atoms with E-state index in [-0.39, 0.29) is 10.8 Å². The summed E-state index contributed by atoms with van der Waals surface area (Å²) in [6, 6.07) is 12.4. The first kappa shape index (κ1) is 14.4. The van der Waals surface area contributed by atoms with E-state index in [1.54, 1.807) is 18.2 Å². The highest BCUT2D eigenvalue weighted by Gasteiger charge is 2.35. The quantitative estimate of drug-likeness (QED) is 0.849. The molecule has 2 aliphatic rings. The van der Waals surface area contributed by atoms with E-state index in [2.05, 4.69) is 0 Å². The normalized spacial score (nSPS) is 19.5. The van der Waals surface area contributed by atoms with Crippen LogP contribution in [0.2, 0.25) is 0 Å². The Morgan fingerprint density at radius 1 is 1.04 bits per heavy atom. The van der Waals surface area contributed by atoms with Crippen LogP contribution in [0, 0.1) is 0 Å². The monoisotopic (exact) mass is 331 g/mol. The number of para-hydroxylation sites is 1. The highest BCUT2D eigenvalue weighted by atomic mass is 32.2. The van der Waals surface area contributed by atoms with Gasteiger partial charge in [0.15, 0.2) is 11.5 Å². The van der Waals surface area contributed by atoms with Gasteiger partial charge in [-0.05, 0) is 23.8 Å². The second-order valence-electron chi connectivity index (χ2n) is 5.80. The van der Waals surface area contributed by atoms with Crippen molar-refractivity contribution < 1.29 is 17.9 Å². The molecule has 0 aliphatic carbocycles. The molecule has 1 unspecified atom stereocenters. The molecule has 0 fully saturated rings. The number of fused-ring (bicyclic) bond motifs is 2. The molecule has 0 radical (unpaired) electrons. The fourth-order valence-electron chi connectivity index (χ4n) is 3.12. The van der Waals surface area contributed by atoms with Crippen LogP contribution in [0.5, 0.6) is 11.5 Å². The van der Waals surface area contributed by atoms with Gasteiger partial charge in [0.1, 0.15) is 13.2 Å². The maximum absolute atomic E-state index is 13.1. The molecule has 2 aromatic rings. The number of nitrogens with zero attached hydrogens (tertiary/aromatic N) is 1. The number of benzene rings is 2. The lowest BCUT2D eigenvalue weighted by Gasteiger charge is -2.22. The molecule has 0 spiro atoms. The minimum Gasteiger partial charge on any atom is -0.486 e. The number of hydrogen-bond donors (Lipinski definition) is 0. The predicted octanol–water partition coefficient (Wildman–Crippen LogP) is 2.77. The van der Waals surface area contributed by atoms with Gasteiger partial charge >= 0.3 is 0 Å². The summed E-state index contributed by atoms with van der Waals surface area (Å²) in [6.45, 7) is 3.41. The molecule has 0 saturated carbocycles. The summed E-state index contributed by atoms with van der Waals surface area (Å²) in [7, 11) is -3.62. The zero-order chi connectivity index (χ0) is 16.0. The lowest BCUT2D eigenvalue weighted by Crippen LogP contribution is -2.29. The second-order valence-corrected chi connectivity index (χ2v) is 7.66. The first-order valence-corrected chi connectivity index (χ1v) is 9.03. The molecule has 23 heavy (non-hydrogen) atoms. The minimum absolute atomic E-state index is 0.179. The van der Waals surface area contributed by atoms with Crippen molar-refractivity contribution in [3.05, 3.63) is 48.0 Å². The van der Waals surface area contributed by atoms with Gasteiger partial charge in [-0.2, -0.15) is 0 Å². The van der Waals surface area contributed by atoms with Gasteiger partial charge in [0.25, 0.3) is 10.0 Å². The van der Waals surface area contributed by atoms with E-state index in [9.17, 15) is 8.42 Å². The fraction of sp³-hybridized carbons (Fsp3) is 0.294. The summed E-state index contributed by atoms with van der Waals surface area (Å²) in [4.78, 5) is 0.227. The van der Waals surface area contributed by atoms with Crippen LogP contribution in [0.15, 0.2) is 47.4 Å². The van der Waals surface area contributed by atoms with Crippen LogP contribution in [0.3, 0.4) is 0 Å². The van der Waals surface area contributed by atoms with Crippen LogP contribution in [0.4, 0.5) is 5.69 Å². The summed E-state index contributed by atoms with van der Waals surface area (Å²) in [5.74, 6) is 1.25. The lowest BCUT2D eigenvalue weighted by atomic mass is 10.0. The molecule has 120 valence electrons. The maximum atomic E-state index is 13.1. The molecule has 0 bridgehead atoms. The summed E-state index contributed by atoms with van der Waals surface area (Å²) < 4.78 is 38.6. The van der Waals surface area contributed by atoms with E-state index in [4.69, 9.17) is 9.47 Å². The van der Waals surface area contributed by atoms with E-state index in [0.29, 0.717) is 31.3 Å². The zero-order valence-electron chi connectivity index (χ0n) is 12.7. The first-order chi connectivity index (χ1) is 11.1. The number of rotatable bonds is 2. The zero-order valence-corrected chi connectivity index (χ0v) is 13.5. The second kappa shape index (κ2) is 5.16. The largest absolute Gasteiger partial charge is 0.486 e. The third-order valence-electron chi connectivity index (χ3n) is 4.28. The fourth-order valence-corrected chi connectivity index (χ4v) is 4.71. The van der Waals surface area contributed by atoms with Gasteiger partial charge in [0.05, 0.1) is 10.6 Å². The molecular weight excluding hydrogens is 314 g/mol. The number of anilines is 1. The molecule has 2 heterocycles. The lowest BCUT2D eigenvalue weighted by molar-refractivity contribution is 0.171. The maximum Gasteiger partial charge on any atom is 0.264 e. The van der Waals surface area contributed by atoms with Crippen LogP contribution < -0.4 is 13.8 Å². The van der Waals surface area contributed by atoms with E-state index in [0.717, 1.165) is 11.3 Å². The van der Waals surface area contributed by atoms with E-state index in [1.807, 2.05) is 31.2 Å². The SMILES string of the molecule is CC1CN(S(=O)(=O)c2ccc3c(c2)OCCO3)c2ccccc21. The molecule has 2 aromatic carbocycles. The van der Waals surface area contributed by atoms with Crippen molar-refractivity contribution in [3.8, 4) is 11.5 Å². The van der Waals surface area contributed by atoms with Crippen LogP contribution in [-0.4, -0.2) is 28.2 Å². The predicted molar refractivity (Wildman–Crippen MR) is 86.8 cm³/mol. The Labute approximate surface area is 135 Å². The Kier molecular flexibility index (Phi) is 3.23. The van der Waals surface area contributed by atoms with Crippen molar-refractivity contribution in [1.82, 2.24) is 0 Å². The molecule has 1 atom stereocenters. The molecule has 4 rings (SSSR count). The number of sulfonamides is 1. The average Bonchev–Trinajstić information content (AvgIpc) is 2.92. The molecule has 6 heteroatoms. The van der Waals surface area contributed by atoms with E-state index >= 15 is 0 Å². The third kappa shape index (κ3) is 2.25. The summed E-state index contributed by atoms with van der Waals surface area (Å²) in [5.41, 5.74) is 1.82. The smallest absolute Gasteiger partial charge is 0.264 e. The molecule has 2 aliphatic heterocycles.